The van der Waals surface area contributed by atoms with Crippen molar-refractivity contribution < 1.29 is 4.92 Å². The maximum absolute atomic E-state index is 11.1. The number of nitrogen functional groups attached to an aromatic ring is 1. The summed E-state index contributed by atoms with van der Waals surface area (Å²) in [5.41, 5.74) is 6.16. The van der Waals surface area contributed by atoms with E-state index < -0.39 is 4.92 Å². The van der Waals surface area contributed by atoms with Crippen LogP contribution in [-0.2, 0) is 0 Å². The fraction of sp³-hybridized carbons (Fsp3) is 0.455. The Bertz CT molecular complexity index is 458. The summed E-state index contributed by atoms with van der Waals surface area (Å²) in [7, 11) is 2.05. The number of likely N-dealkylation sites (N-methyl/N-ethyl adjacent to an activating group) is 1. The Morgan fingerprint density at radius 3 is 2.47 bits per heavy atom. The smallest absolute Gasteiger partial charge is 0.317 e. The fourth-order valence-corrected chi connectivity index (χ4v) is 2.04. The second kappa shape index (κ2) is 5.83. The van der Waals surface area contributed by atoms with Crippen molar-refractivity contribution in [3.05, 3.63) is 28.3 Å². The number of nitrogens with one attached hydrogen (secondary N) is 2. The Morgan fingerprint density at radius 2 is 1.89 bits per heavy atom. The lowest BCUT2D eigenvalue weighted by atomic mass is 10.2. The van der Waals surface area contributed by atoms with Crippen LogP contribution < -0.4 is 16.7 Å². The summed E-state index contributed by atoms with van der Waals surface area (Å²) in [5.74, 6) is 5.31. The normalized spacial score (nSPS) is 17.2. The molecular formula is C11H18N6O2. The molecule has 1 aliphatic rings. The van der Waals surface area contributed by atoms with E-state index in [1.165, 1.54) is 0 Å². The average Bonchev–Trinajstić information content (AvgIpc) is 2.40. The molecule has 1 aromatic carbocycles. The first-order valence-corrected chi connectivity index (χ1v) is 6.06. The maximum Gasteiger partial charge on any atom is 0.317 e. The van der Waals surface area contributed by atoms with E-state index >= 15 is 0 Å². The van der Waals surface area contributed by atoms with Gasteiger partial charge >= 0.3 is 5.69 Å². The van der Waals surface area contributed by atoms with E-state index in [2.05, 4.69) is 22.8 Å². The van der Waals surface area contributed by atoms with Crippen LogP contribution in [0.3, 0.4) is 0 Å². The highest BCUT2D eigenvalue weighted by atomic mass is 16.6. The summed E-state index contributed by atoms with van der Waals surface area (Å²) in [6, 6.07) is 4.98. The molecule has 0 radical (unpaired) electrons. The van der Waals surface area contributed by atoms with Crippen LogP contribution >= 0.6 is 0 Å². The van der Waals surface area contributed by atoms with Crippen LogP contribution in [0.4, 0.5) is 17.1 Å². The molecule has 1 heterocycles. The molecule has 8 nitrogen and oxygen atoms in total. The maximum atomic E-state index is 11.1. The topological polar surface area (TPSA) is 99.7 Å². The minimum atomic E-state index is -0.437. The van der Waals surface area contributed by atoms with Crippen LogP contribution in [0.5, 0.6) is 0 Å². The first-order chi connectivity index (χ1) is 9.11. The van der Waals surface area contributed by atoms with Gasteiger partial charge in [-0.1, -0.05) is 6.07 Å². The highest BCUT2D eigenvalue weighted by molar-refractivity contribution is 5.75. The highest BCUT2D eigenvalue weighted by Gasteiger charge is 2.22. The van der Waals surface area contributed by atoms with E-state index in [-0.39, 0.29) is 5.69 Å². The van der Waals surface area contributed by atoms with E-state index in [0.29, 0.717) is 11.4 Å². The predicted octanol–water partition coefficient (Wildman–Crippen LogP) is 0.455. The molecule has 1 saturated heterocycles. The van der Waals surface area contributed by atoms with Crippen LogP contribution in [0.1, 0.15) is 0 Å². The van der Waals surface area contributed by atoms with Gasteiger partial charge in [0.1, 0.15) is 11.4 Å². The number of rotatable bonds is 4. The van der Waals surface area contributed by atoms with Gasteiger partial charge in [-0.05, 0) is 19.2 Å². The summed E-state index contributed by atoms with van der Waals surface area (Å²) in [5, 5.41) is 13.1. The number of nitro benzene ring substituents is 1. The average molecular weight is 266 g/mol. The number of hydrogen-bond donors (Lipinski definition) is 3. The summed E-state index contributed by atoms with van der Waals surface area (Å²) >= 11 is 0. The molecular weight excluding hydrogens is 248 g/mol. The lowest BCUT2D eigenvalue weighted by molar-refractivity contribution is -0.383. The van der Waals surface area contributed by atoms with Gasteiger partial charge in [0.15, 0.2) is 0 Å². The number of nitrogens with two attached hydrogens (primary N) is 1. The minimum Gasteiger partial charge on any atom is -0.318 e. The Labute approximate surface area is 111 Å². The summed E-state index contributed by atoms with van der Waals surface area (Å²) < 4.78 is 0. The lowest BCUT2D eigenvalue weighted by Crippen LogP contribution is -2.47. The third-order valence-corrected chi connectivity index (χ3v) is 3.16. The molecule has 0 saturated carbocycles. The number of para-hydroxylation sites is 1. The molecule has 0 unspecified atom stereocenters. The second-order valence-electron chi connectivity index (χ2n) is 4.51. The Morgan fingerprint density at radius 1 is 1.26 bits per heavy atom. The zero-order valence-corrected chi connectivity index (χ0v) is 10.8. The Kier molecular flexibility index (Phi) is 4.15. The Balaban J connectivity index is 2.17. The van der Waals surface area contributed by atoms with Crippen LogP contribution in [0.25, 0.3) is 0 Å². The van der Waals surface area contributed by atoms with Crippen molar-refractivity contribution in [1.82, 2.24) is 9.91 Å². The molecule has 0 atom stereocenters. The standard InChI is InChI=1S/C11H18N6O2/c1-15-5-7-16(8-6-15)14-10-4-2-3-9(13-12)11(10)17(18)19/h2-4,13-14H,5-8,12H2,1H3. The molecule has 0 aliphatic carbocycles. The van der Waals surface area contributed by atoms with Crippen molar-refractivity contribution in [2.24, 2.45) is 5.84 Å². The minimum absolute atomic E-state index is 0.0380. The van der Waals surface area contributed by atoms with Crippen molar-refractivity contribution in [2.45, 2.75) is 0 Å². The molecule has 1 aliphatic heterocycles. The largest absolute Gasteiger partial charge is 0.318 e. The number of nitrogens with zero attached hydrogens (tertiary/aromatic N) is 3. The van der Waals surface area contributed by atoms with Gasteiger partial charge in [0.2, 0.25) is 0 Å². The van der Waals surface area contributed by atoms with E-state index in [0.717, 1.165) is 26.2 Å². The van der Waals surface area contributed by atoms with Gasteiger partial charge in [-0.25, -0.2) is 5.01 Å². The molecule has 104 valence electrons. The van der Waals surface area contributed by atoms with Crippen molar-refractivity contribution in [1.29, 1.82) is 0 Å². The molecule has 2 rings (SSSR count). The number of benzene rings is 1. The number of anilines is 2. The third-order valence-electron chi connectivity index (χ3n) is 3.16. The molecule has 4 N–H and O–H groups in total. The molecule has 0 amide bonds. The number of nitro groups is 1. The molecule has 19 heavy (non-hydrogen) atoms. The third kappa shape index (κ3) is 3.11. The Hall–Kier alpha value is -1.90. The molecule has 0 bridgehead atoms. The number of hydrazine groups is 2. The molecule has 8 heteroatoms. The van der Waals surface area contributed by atoms with Crippen LogP contribution in [0, 0.1) is 10.1 Å². The molecule has 0 spiro atoms. The number of piperazine rings is 1. The van der Waals surface area contributed by atoms with Gasteiger partial charge in [0.25, 0.3) is 0 Å². The zero-order valence-electron chi connectivity index (χ0n) is 10.8. The van der Waals surface area contributed by atoms with Gasteiger partial charge in [0, 0.05) is 26.2 Å². The SMILES string of the molecule is CN1CCN(Nc2cccc(NN)c2[N+](=O)[O-])CC1. The predicted molar refractivity (Wildman–Crippen MR) is 73.6 cm³/mol. The van der Waals surface area contributed by atoms with Crippen molar-refractivity contribution in [2.75, 3.05) is 44.1 Å². The first kappa shape index (κ1) is 13.5. The van der Waals surface area contributed by atoms with Gasteiger partial charge in [-0.2, -0.15) is 0 Å². The second-order valence-corrected chi connectivity index (χ2v) is 4.51. The van der Waals surface area contributed by atoms with Crippen molar-refractivity contribution in [3.8, 4) is 0 Å². The molecule has 0 aromatic heterocycles. The first-order valence-electron chi connectivity index (χ1n) is 6.06. The van der Waals surface area contributed by atoms with Gasteiger partial charge in [-0.15, -0.1) is 0 Å². The quantitative estimate of drug-likeness (QED) is 0.413. The number of hydrogen-bond acceptors (Lipinski definition) is 7. The lowest BCUT2D eigenvalue weighted by Gasteiger charge is -2.32. The van der Waals surface area contributed by atoms with E-state index in [4.69, 9.17) is 5.84 Å². The van der Waals surface area contributed by atoms with Crippen molar-refractivity contribution in [3.63, 3.8) is 0 Å². The van der Waals surface area contributed by atoms with E-state index in [1.807, 2.05) is 5.01 Å². The van der Waals surface area contributed by atoms with Crippen LogP contribution in [-0.4, -0.2) is 48.1 Å². The van der Waals surface area contributed by atoms with Gasteiger partial charge in [0.05, 0.1) is 4.92 Å². The van der Waals surface area contributed by atoms with Crippen molar-refractivity contribution >= 4 is 17.1 Å². The summed E-state index contributed by atoms with van der Waals surface area (Å²) in [6.45, 7) is 3.48. The summed E-state index contributed by atoms with van der Waals surface area (Å²) in [4.78, 5) is 12.9. The van der Waals surface area contributed by atoms with E-state index in [1.54, 1.807) is 18.2 Å². The highest BCUT2D eigenvalue weighted by Crippen LogP contribution is 2.32. The van der Waals surface area contributed by atoms with Crippen LogP contribution in [0.15, 0.2) is 18.2 Å². The summed E-state index contributed by atoms with van der Waals surface area (Å²) in [6.07, 6.45) is 0. The van der Waals surface area contributed by atoms with Crippen LogP contribution in [0.2, 0.25) is 0 Å². The monoisotopic (exact) mass is 266 g/mol. The zero-order chi connectivity index (χ0) is 13.8. The van der Waals surface area contributed by atoms with Gasteiger partial charge in [-0.3, -0.25) is 16.0 Å². The van der Waals surface area contributed by atoms with E-state index in [9.17, 15) is 10.1 Å². The molecule has 1 fully saturated rings. The fourth-order valence-electron chi connectivity index (χ4n) is 2.04. The molecule has 1 aromatic rings. The van der Waals surface area contributed by atoms with Gasteiger partial charge < -0.3 is 15.8 Å².